The van der Waals surface area contributed by atoms with E-state index in [1.54, 1.807) is 30.4 Å². The molecule has 0 saturated heterocycles. The van der Waals surface area contributed by atoms with Crippen molar-refractivity contribution in [3.63, 3.8) is 0 Å². The Bertz CT molecular complexity index is 1190. The molecule has 0 amide bonds. The summed E-state index contributed by atoms with van der Waals surface area (Å²) >= 11 is 0. The molecule has 4 N–H and O–H groups in total. The largest absolute Gasteiger partial charge is 0.454 e. The Morgan fingerprint density at radius 3 is 0.944 bits per heavy atom. The van der Waals surface area contributed by atoms with Crippen LogP contribution in [-0.4, -0.2) is 71.0 Å². The monoisotopic (exact) mass is 751 g/mol. The van der Waals surface area contributed by atoms with Crippen molar-refractivity contribution >= 4 is 11.9 Å². The second kappa shape index (κ2) is 45.1. The van der Waals surface area contributed by atoms with Crippen LogP contribution < -0.4 is 0 Å². The van der Waals surface area contributed by atoms with E-state index in [-0.39, 0.29) is 0 Å². The zero-order chi connectivity index (χ0) is 40.0. The van der Waals surface area contributed by atoms with Gasteiger partial charge in [0.25, 0.3) is 0 Å². The Morgan fingerprint density at radius 1 is 0.389 bits per heavy atom. The SMILES string of the molecule is CCCCCCC/C=C/C=C/C=C/C=C/C=C/C=C/C(=O)OC(CO)CO.CCCCCCCCC/C=C/C=C/C=C/C=C/C=C/C(=O)OC(CO)CO. The summed E-state index contributed by atoms with van der Waals surface area (Å²) in [6.07, 6.45) is 56.9. The lowest BCUT2D eigenvalue weighted by molar-refractivity contribution is -0.148. The molecule has 0 aromatic heterocycles. The minimum absolute atomic E-state index is 0.394. The van der Waals surface area contributed by atoms with Crippen molar-refractivity contribution in [1.82, 2.24) is 0 Å². The van der Waals surface area contributed by atoms with E-state index in [9.17, 15) is 9.59 Å². The third-order valence-corrected chi connectivity index (χ3v) is 7.34. The van der Waals surface area contributed by atoms with Crippen LogP contribution in [0.3, 0.4) is 0 Å². The predicted octanol–water partition coefficient (Wildman–Crippen LogP) is 9.39. The summed E-state index contributed by atoms with van der Waals surface area (Å²) in [5.41, 5.74) is 0. The molecule has 0 bridgehead atoms. The fourth-order valence-corrected chi connectivity index (χ4v) is 4.27. The molecule has 0 aliphatic rings. The predicted molar refractivity (Wildman–Crippen MR) is 225 cm³/mol. The molecule has 0 heterocycles. The average molecular weight is 751 g/mol. The maximum atomic E-state index is 11.3. The Kier molecular flexibility index (Phi) is 43.4. The van der Waals surface area contributed by atoms with Gasteiger partial charge in [0.1, 0.15) is 12.2 Å². The fraction of sp³-hybridized carbons (Fsp3) is 0.478. The molecular weight excluding hydrogens is 680 g/mol. The molecule has 0 aliphatic heterocycles. The quantitative estimate of drug-likeness (QED) is 0.0239. The molecule has 0 aliphatic carbocycles. The van der Waals surface area contributed by atoms with Gasteiger partial charge >= 0.3 is 11.9 Å². The normalized spacial score (nSPS) is 12.9. The highest BCUT2D eigenvalue weighted by Gasteiger charge is 2.09. The van der Waals surface area contributed by atoms with Gasteiger partial charge in [-0.1, -0.05) is 200 Å². The van der Waals surface area contributed by atoms with Gasteiger partial charge in [0.05, 0.1) is 26.4 Å². The first kappa shape index (κ1) is 52.0. The molecule has 0 fully saturated rings. The summed E-state index contributed by atoms with van der Waals surface area (Å²) in [4.78, 5) is 22.7. The molecule has 0 aromatic carbocycles. The number of allylic oxidation sites excluding steroid dienone is 20. The zero-order valence-electron chi connectivity index (χ0n) is 33.0. The number of aliphatic hydroxyl groups excluding tert-OH is 4. The minimum Gasteiger partial charge on any atom is -0.454 e. The Balaban J connectivity index is 0. The van der Waals surface area contributed by atoms with Crippen LogP contribution in [0.5, 0.6) is 0 Å². The molecule has 0 atom stereocenters. The molecule has 0 aromatic rings. The average Bonchev–Trinajstić information content (AvgIpc) is 3.18. The van der Waals surface area contributed by atoms with E-state index in [0.717, 1.165) is 12.8 Å². The number of esters is 2. The van der Waals surface area contributed by atoms with Gasteiger partial charge in [-0.2, -0.15) is 0 Å². The summed E-state index contributed by atoms with van der Waals surface area (Å²) in [6, 6.07) is 0. The van der Waals surface area contributed by atoms with Crippen LogP contribution in [0.4, 0.5) is 0 Å². The maximum Gasteiger partial charge on any atom is 0.331 e. The first-order valence-electron chi connectivity index (χ1n) is 19.7. The molecule has 8 heteroatoms. The summed E-state index contributed by atoms with van der Waals surface area (Å²) in [7, 11) is 0. The lowest BCUT2D eigenvalue weighted by Crippen LogP contribution is -2.24. The Hall–Kier alpha value is -4.08. The zero-order valence-corrected chi connectivity index (χ0v) is 33.0. The number of aliphatic hydroxyl groups is 4. The third-order valence-electron chi connectivity index (χ3n) is 7.34. The van der Waals surface area contributed by atoms with Crippen LogP contribution in [0.2, 0.25) is 0 Å². The molecule has 0 saturated carbocycles. The van der Waals surface area contributed by atoms with Gasteiger partial charge in [-0.25, -0.2) is 9.59 Å². The van der Waals surface area contributed by atoms with Crippen molar-refractivity contribution in [2.75, 3.05) is 26.4 Å². The second-order valence-corrected chi connectivity index (χ2v) is 12.2. The highest BCUT2D eigenvalue weighted by molar-refractivity contribution is 5.82. The number of ether oxygens (including phenoxy) is 2. The number of carbonyl (C=O) groups excluding carboxylic acids is 2. The van der Waals surface area contributed by atoms with Gasteiger partial charge in [-0.05, 0) is 25.7 Å². The van der Waals surface area contributed by atoms with Gasteiger partial charge in [0, 0.05) is 12.2 Å². The van der Waals surface area contributed by atoms with Gasteiger partial charge < -0.3 is 29.9 Å². The van der Waals surface area contributed by atoms with Crippen LogP contribution >= 0.6 is 0 Å². The van der Waals surface area contributed by atoms with Crippen molar-refractivity contribution in [3.05, 3.63) is 134 Å². The van der Waals surface area contributed by atoms with Crippen LogP contribution in [0.25, 0.3) is 0 Å². The summed E-state index contributed by atoms with van der Waals surface area (Å²) < 4.78 is 9.56. The van der Waals surface area contributed by atoms with Gasteiger partial charge in [0.15, 0.2) is 0 Å². The van der Waals surface area contributed by atoms with E-state index in [1.165, 1.54) is 95.3 Å². The number of carbonyl (C=O) groups is 2. The maximum absolute atomic E-state index is 11.3. The first-order chi connectivity index (χ1) is 26.5. The van der Waals surface area contributed by atoms with E-state index in [4.69, 9.17) is 29.9 Å². The standard InChI is InChI=1S/C23H36O4.C23H34O4/c2*1-2-3-4-5-6-7-8-9-10-11-12-13-14-15-16-17-18-19-23(26)27-22(20-24)21-25/h10-19,22,24-25H,2-9,20-21H2,1H3;8-19,22,24-25H,2-7,20-21H2,1H3/b11-10+,13-12+,15-14+,17-16+,19-18+;9-8+,11-10+,13-12+,15-14+,17-16+,19-18+. The molecule has 0 unspecified atom stereocenters. The van der Waals surface area contributed by atoms with Crippen molar-refractivity contribution in [3.8, 4) is 0 Å². The minimum atomic E-state index is -0.871. The smallest absolute Gasteiger partial charge is 0.331 e. The van der Waals surface area contributed by atoms with Crippen molar-refractivity contribution in [2.45, 2.75) is 116 Å². The number of rotatable bonds is 31. The lowest BCUT2D eigenvalue weighted by Gasteiger charge is -2.09. The molecule has 0 spiro atoms. The van der Waals surface area contributed by atoms with Gasteiger partial charge in [-0.3, -0.25) is 0 Å². The molecule has 0 radical (unpaired) electrons. The second-order valence-electron chi connectivity index (χ2n) is 12.2. The van der Waals surface area contributed by atoms with E-state index in [0.29, 0.717) is 0 Å². The molecular formula is C46H70O8. The molecule has 54 heavy (non-hydrogen) atoms. The highest BCUT2D eigenvalue weighted by atomic mass is 16.6. The van der Waals surface area contributed by atoms with Crippen molar-refractivity contribution in [1.29, 1.82) is 0 Å². The van der Waals surface area contributed by atoms with E-state index in [2.05, 4.69) is 38.2 Å². The van der Waals surface area contributed by atoms with Crippen molar-refractivity contribution < 1.29 is 39.5 Å². The molecule has 8 nitrogen and oxygen atoms in total. The van der Waals surface area contributed by atoms with Gasteiger partial charge in [-0.15, -0.1) is 0 Å². The topological polar surface area (TPSA) is 134 Å². The first-order valence-corrected chi connectivity index (χ1v) is 19.7. The molecule has 0 rings (SSSR count). The van der Waals surface area contributed by atoms with E-state index >= 15 is 0 Å². The van der Waals surface area contributed by atoms with Crippen molar-refractivity contribution in [2.24, 2.45) is 0 Å². The Morgan fingerprint density at radius 2 is 0.648 bits per heavy atom. The van der Waals surface area contributed by atoms with Crippen LogP contribution in [0.15, 0.2) is 134 Å². The number of unbranched alkanes of at least 4 members (excludes halogenated alkanes) is 12. The summed E-state index contributed by atoms with van der Waals surface area (Å²) in [5.74, 6) is -1.20. The molecule has 302 valence electrons. The Labute approximate surface area is 326 Å². The summed E-state index contributed by atoms with van der Waals surface area (Å²) in [5, 5.41) is 35.2. The number of hydrogen-bond donors (Lipinski definition) is 4. The lowest BCUT2D eigenvalue weighted by atomic mass is 10.1. The summed E-state index contributed by atoms with van der Waals surface area (Å²) in [6.45, 7) is 2.89. The number of hydrogen-bond acceptors (Lipinski definition) is 8. The fourth-order valence-electron chi connectivity index (χ4n) is 4.27. The van der Waals surface area contributed by atoms with E-state index < -0.39 is 50.6 Å². The van der Waals surface area contributed by atoms with Crippen LogP contribution in [-0.2, 0) is 19.1 Å². The van der Waals surface area contributed by atoms with Crippen LogP contribution in [0.1, 0.15) is 104 Å². The van der Waals surface area contributed by atoms with Crippen LogP contribution in [0, 0.1) is 0 Å². The van der Waals surface area contributed by atoms with Gasteiger partial charge in [0.2, 0.25) is 0 Å². The van der Waals surface area contributed by atoms with E-state index in [1.807, 2.05) is 60.8 Å². The highest BCUT2D eigenvalue weighted by Crippen LogP contribution is 2.09. The third kappa shape index (κ3) is 42.3.